The molecular weight excluding hydrogens is 438 g/mol. The van der Waals surface area contributed by atoms with E-state index in [0.717, 1.165) is 23.6 Å². The molecule has 0 radical (unpaired) electrons. The van der Waals surface area contributed by atoms with Gasteiger partial charge in [0.1, 0.15) is 17.3 Å². The van der Waals surface area contributed by atoms with Crippen molar-refractivity contribution in [3.8, 4) is 5.75 Å². The first-order valence-electron chi connectivity index (χ1n) is 11.3. The summed E-state index contributed by atoms with van der Waals surface area (Å²) >= 11 is 1.51. The number of aromatic nitrogens is 3. The van der Waals surface area contributed by atoms with Gasteiger partial charge in [0.25, 0.3) is 11.8 Å². The fourth-order valence-electron chi connectivity index (χ4n) is 3.91. The van der Waals surface area contributed by atoms with Gasteiger partial charge in [0.15, 0.2) is 0 Å². The van der Waals surface area contributed by atoms with Crippen molar-refractivity contribution < 1.29 is 14.3 Å². The predicted molar refractivity (Wildman–Crippen MR) is 128 cm³/mol. The smallest absolute Gasteiger partial charge is 0.276 e. The molecule has 0 spiro atoms. The van der Waals surface area contributed by atoms with Gasteiger partial charge in [-0.1, -0.05) is 0 Å². The third-order valence-corrected chi connectivity index (χ3v) is 6.62. The Hall–Kier alpha value is -3.20. The van der Waals surface area contributed by atoms with E-state index in [1.54, 1.807) is 22.3 Å². The first-order valence-corrected chi connectivity index (χ1v) is 12.2. The van der Waals surface area contributed by atoms with Crippen LogP contribution in [0.25, 0.3) is 0 Å². The van der Waals surface area contributed by atoms with E-state index in [1.807, 2.05) is 49.9 Å². The van der Waals surface area contributed by atoms with E-state index in [0.29, 0.717) is 36.7 Å². The Kier molecular flexibility index (Phi) is 7.08. The molecule has 9 heteroatoms. The first-order chi connectivity index (χ1) is 15.9. The molecule has 1 fully saturated rings. The van der Waals surface area contributed by atoms with Crippen molar-refractivity contribution >= 4 is 29.0 Å². The molecule has 0 atom stereocenters. The molecule has 0 unspecified atom stereocenters. The Morgan fingerprint density at radius 1 is 1.18 bits per heavy atom. The summed E-state index contributed by atoms with van der Waals surface area (Å²) < 4.78 is 7.38. The lowest BCUT2D eigenvalue weighted by Crippen LogP contribution is -2.37. The Morgan fingerprint density at radius 2 is 1.91 bits per heavy atom. The van der Waals surface area contributed by atoms with E-state index >= 15 is 0 Å². The van der Waals surface area contributed by atoms with Crippen molar-refractivity contribution in [3.05, 3.63) is 58.2 Å². The molecule has 0 aliphatic carbocycles. The number of aryl methyl sites for hydroxylation is 1. The predicted octanol–water partition coefficient (Wildman–Crippen LogP) is 4.42. The second-order valence-electron chi connectivity index (χ2n) is 8.31. The maximum Gasteiger partial charge on any atom is 0.276 e. The zero-order valence-corrected chi connectivity index (χ0v) is 20.0. The number of carbonyl (C=O) groups excluding carboxylic acids is 2. The van der Waals surface area contributed by atoms with Crippen LogP contribution in [0, 0.1) is 0 Å². The highest BCUT2D eigenvalue weighted by molar-refractivity contribution is 7.10. The van der Waals surface area contributed by atoms with Crippen LogP contribution in [0.15, 0.2) is 41.9 Å². The molecule has 1 aliphatic rings. The standard InChI is InChI=1S/C24H29N5O3S/c1-4-29-21(9-12-25-29)27-22(30)20-15-33-23(26-20)17-10-13-28(14-11-17)24(31)18-5-7-19(8-6-18)32-16(2)3/h5-9,12,15-17H,4,10-11,13-14H2,1-3H3,(H,27,30). The fourth-order valence-corrected chi connectivity index (χ4v) is 4.88. The van der Waals surface area contributed by atoms with Crippen molar-refractivity contribution in [2.45, 2.75) is 52.2 Å². The number of rotatable bonds is 7. The van der Waals surface area contributed by atoms with Crippen LogP contribution in [0.2, 0.25) is 0 Å². The van der Waals surface area contributed by atoms with E-state index < -0.39 is 0 Å². The lowest BCUT2D eigenvalue weighted by Gasteiger charge is -2.31. The number of amides is 2. The summed E-state index contributed by atoms with van der Waals surface area (Å²) in [6.45, 7) is 7.94. The van der Waals surface area contributed by atoms with Gasteiger partial charge in [-0.2, -0.15) is 5.10 Å². The Bertz CT molecular complexity index is 1100. The molecule has 1 saturated heterocycles. The molecule has 2 amide bonds. The number of nitrogens with one attached hydrogen (secondary N) is 1. The van der Waals surface area contributed by atoms with Crippen LogP contribution in [0.3, 0.4) is 0 Å². The van der Waals surface area contributed by atoms with Gasteiger partial charge in [0, 0.05) is 42.6 Å². The van der Waals surface area contributed by atoms with Crippen LogP contribution in [0.5, 0.6) is 5.75 Å². The van der Waals surface area contributed by atoms with E-state index in [-0.39, 0.29) is 23.8 Å². The van der Waals surface area contributed by atoms with Crippen LogP contribution in [0.4, 0.5) is 5.82 Å². The van der Waals surface area contributed by atoms with Gasteiger partial charge in [-0.05, 0) is 57.9 Å². The molecule has 1 aromatic carbocycles. The number of hydrogen-bond acceptors (Lipinski definition) is 6. The maximum absolute atomic E-state index is 12.9. The third kappa shape index (κ3) is 5.42. The SMILES string of the molecule is CCn1nccc1NC(=O)c1csc(C2CCN(C(=O)c3ccc(OC(C)C)cc3)CC2)n1. The lowest BCUT2D eigenvalue weighted by atomic mass is 9.97. The molecule has 0 bridgehead atoms. The second-order valence-corrected chi connectivity index (χ2v) is 9.20. The number of nitrogens with zero attached hydrogens (tertiary/aromatic N) is 4. The minimum absolute atomic E-state index is 0.0382. The van der Waals surface area contributed by atoms with Crippen molar-refractivity contribution in [1.29, 1.82) is 0 Å². The van der Waals surface area contributed by atoms with Crippen molar-refractivity contribution in [3.63, 3.8) is 0 Å². The quantitative estimate of drug-likeness (QED) is 0.556. The Balaban J connectivity index is 1.32. The summed E-state index contributed by atoms with van der Waals surface area (Å²) in [6.07, 6.45) is 3.42. The minimum atomic E-state index is -0.231. The summed E-state index contributed by atoms with van der Waals surface area (Å²) in [5.41, 5.74) is 1.09. The maximum atomic E-state index is 12.9. The Labute approximate surface area is 197 Å². The fraction of sp³-hybridized carbons (Fsp3) is 0.417. The first kappa shape index (κ1) is 23.0. The number of anilines is 1. The number of piperidine rings is 1. The van der Waals surface area contributed by atoms with E-state index in [1.165, 1.54) is 11.3 Å². The normalized spacial score (nSPS) is 14.5. The minimum Gasteiger partial charge on any atom is -0.491 e. The topological polar surface area (TPSA) is 89.4 Å². The third-order valence-electron chi connectivity index (χ3n) is 5.62. The average molecular weight is 468 g/mol. The lowest BCUT2D eigenvalue weighted by molar-refractivity contribution is 0.0713. The number of likely N-dealkylation sites (tertiary alicyclic amines) is 1. The number of thiazole rings is 1. The van der Waals surface area contributed by atoms with Gasteiger partial charge in [-0.25, -0.2) is 9.67 Å². The monoisotopic (exact) mass is 467 g/mol. The Morgan fingerprint density at radius 3 is 2.58 bits per heavy atom. The summed E-state index contributed by atoms with van der Waals surface area (Å²) in [7, 11) is 0. The van der Waals surface area contributed by atoms with Crippen LogP contribution < -0.4 is 10.1 Å². The molecular formula is C24H29N5O3S. The van der Waals surface area contributed by atoms with E-state index in [4.69, 9.17) is 4.74 Å². The molecule has 8 nitrogen and oxygen atoms in total. The van der Waals surface area contributed by atoms with Gasteiger partial charge < -0.3 is 15.0 Å². The number of ether oxygens (including phenoxy) is 1. The largest absolute Gasteiger partial charge is 0.491 e. The van der Waals surface area contributed by atoms with Crippen LogP contribution in [-0.4, -0.2) is 50.7 Å². The molecule has 1 N–H and O–H groups in total. The van der Waals surface area contributed by atoms with Gasteiger partial charge in [0.05, 0.1) is 17.3 Å². The zero-order valence-electron chi connectivity index (χ0n) is 19.2. The van der Waals surface area contributed by atoms with Crippen molar-refractivity contribution in [2.24, 2.45) is 0 Å². The summed E-state index contributed by atoms with van der Waals surface area (Å²) in [4.78, 5) is 32.0. The van der Waals surface area contributed by atoms with Gasteiger partial charge in [0.2, 0.25) is 0 Å². The molecule has 174 valence electrons. The molecule has 0 saturated carbocycles. The molecule has 1 aliphatic heterocycles. The zero-order chi connectivity index (χ0) is 23.4. The number of hydrogen-bond donors (Lipinski definition) is 1. The van der Waals surface area contributed by atoms with Crippen LogP contribution in [0.1, 0.15) is 65.4 Å². The molecule has 33 heavy (non-hydrogen) atoms. The van der Waals surface area contributed by atoms with Gasteiger partial charge >= 0.3 is 0 Å². The summed E-state index contributed by atoms with van der Waals surface area (Å²) in [6, 6.07) is 9.10. The van der Waals surface area contributed by atoms with Crippen molar-refractivity contribution in [2.75, 3.05) is 18.4 Å². The highest BCUT2D eigenvalue weighted by Crippen LogP contribution is 2.31. The summed E-state index contributed by atoms with van der Waals surface area (Å²) in [5, 5.41) is 9.79. The molecule has 3 aromatic rings. The van der Waals surface area contributed by atoms with Crippen molar-refractivity contribution in [1.82, 2.24) is 19.7 Å². The van der Waals surface area contributed by atoms with E-state index in [2.05, 4.69) is 15.4 Å². The van der Waals surface area contributed by atoms with Crippen LogP contribution >= 0.6 is 11.3 Å². The van der Waals surface area contributed by atoms with Gasteiger partial charge in [-0.3, -0.25) is 9.59 Å². The van der Waals surface area contributed by atoms with Crippen LogP contribution in [-0.2, 0) is 6.54 Å². The molecule has 2 aromatic heterocycles. The summed E-state index contributed by atoms with van der Waals surface area (Å²) in [5.74, 6) is 1.49. The molecule has 3 heterocycles. The second kappa shape index (κ2) is 10.2. The van der Waals surface area contributed by atoms with Gasteiger partial charge in [-0.15, -0.1) is 11.3 Å². The molecule has 4 rings (SSSR count). The highest BCUT2D eigenvalue weighted by Gasteiger charge is 2.27. The number of carbonyl (C=O) groups is 2. The highest BCUT2D eigenvalue weighted by atomic mass is 32.1. The van der Waals surface area contributed by atoms with E-state index in [9.17, 15) is 9.59 Å². The number of benzene rings is 1. The average Bonchev–Trinajstić information content (AvgIpc) is 3.48.